The molecule has 1 aromatic rings. The highest BCUT2D eigenvalue weighted by molar-refractivity contribution is 7.98. The van der Waals surface area contributed by atoms with Crippen molar-refractivity contribution in [1.82, 2.24) is 0 Å². The minimum absolute atomic E-state index is 0.110. The van der Waals surface area contributed by atoms with Crippen LogP contribution in [0.2, 0.25) is 0 Å². The average molecular weight is 272 g/mol. The number of carbonyl (C=O) groups is 1. The first-order valence-corrected chi connectivity index (χ1v) is 6.77. The third-order valence-corrected chi connectivity index (χ3v) is 3.02. The summed E-state index contributed by atoms with van der Waals surface area (Å²) in [5, 5.41) is -0.110. The van der Waals surface area contributed by atoms with E-state index in [4.69, 9.17) is 16.3 Å². The predicted molar refractivity (Wildman–Crippen MR) is 71.8 cm³/mol. The summed E-state index contributed by atoms with van der Waals surface area (Å²) in [6, 6.07) is 7.94. The van der Waals surface area contributed by atoms with Crippen molar-refractivity contribution < 1.29 is 9.53 Å². The molecule has 0 unspecified atom stereocenters. The summed E-state index contributed by atoms with van der Waals surface area (Å²) in [5.74, 6) is -0.574. The van der Waals surface area contributed by atoms with Crippen molar-refractivity contribution in [3.05, 3.63) is 29.8 Å². The van der Waals surface area contributed by atoms with Crippen LogP contribution >= 0.6 is 23.4 Å². The second kappa shape index (κ2) is 7.35. The van der Waals surface area contributed by atoms with Gasteiger partial charge in [-0.1, -0.05) is 23.7 Å². The van der Waals surface area contributed by atoms with Crippen molar-refractivity contribution in [2.75, 3.05) is 12.9 Å². The maximum atomic E-state index is 11.2. The van der Waals surface area contributed by atoms with Gasteiger partial charge >= 0.3 is 5.97 Å². The minimum atomic E-state index is -0.574. The molecule has 0 saturated heterocycles. The van der Waals surface area contributed by atoms with E-state index in [9.17, 15) is 4.79 Å². The molecule has 0 bridgehead atoms. The maximum absolute atomic E-state index is 11.2. The number of aliphatic imine (C=N–C) groups is 1. The quantitative estimate of drug-likeness (QED) is 0.469. The summed E-state index contributed by atoms with van der Waals surface area (Å²) in [7, 11) is 0. The molecule has 0 N–H and O–H groups in total. The topological polar surface area (TPSA) is 38.7 Å². The SMILES string of the molecule is CCOC(=O)C(Cl)=NCc1ccc(SC)cc1. The highest BCUT2D eigenvalue weighted by Crippen LogP contribution is 2.15. The number of carbonyl (C=O) groups excluding carboxylic acids is 1. The second-order valence-electron chi connectivity index (χ2n) is 3.18. The Morgan fingerprint density at radius 1 is 1.41 bits per heavy atom. The predicted octanol–water partition coefficient (Wildman–Crippen LogP) is 3.11. The number of hydrogen-bond acceptors (Lipinski definition) is 4. The van der Waals surface area contributed by atoms with Gasteiger partial charge in [0.15, 0.2) is 0 Å². The number of esters is 1. The second-order valence-corrected chi connectivity index (χ2v) is 4.41. The number of thioether (sulfide) groups is 1. The van der Waals surface area contributed by atoms with E-state index in [1.54, 1.807) is 18.7 Å². The number of benzene rings is 1. The minimum Gasteiger partial charge on any atom is -0.461 e. The van der Waals surface area contributed by atoms with Gasteiger partial charge in [0.1, 0.15) is 0 Å². The summed E-state index contributed by atoms with van der Waals surface area (Å²) < 4.78 is 4.72. The molecule has 0 radical (unpaired) electrons. The number of halogens is 1. The largest absolute Gasteiger partial charge is 0.461 e. The fourth-order valence-electron chi connectivity index (χ4n) is 1.15. The fraction of sp³-hybridized carbons (Fsp3) is 0.333. The van der Waals surface area contributed by atoms with E-state index >= 15 is 0 Å². The molecule has 0 atom stereocenters. The monoisotopic (exact) mass is 271 g/mol. The maximum Gasteiger partial charge on any atom is 0.368 e. The molecule has 17 heavy (non-hydrogen) atoms. The molecule has 0 aliphatic heterocycles. The molecule has 0 amide bonds. The molecule has 3 nitrogen and oxygen atoms in total. The van der Waals surface area contributed by atoms with Gasteiger partial charge in [-0.3, -0.25) is 4.99 Å². The van der Waals surface area contributed by atoms with Crippen molar-refractivity contribution in [3.63, 3.8) is 0 Å². The fourth-order valence-corrected chi connectivity index (χ4v) is 1.67. The Morgan fingerprint density at radius 3 is 2.59 bits per heavy atom. The van der Waals surface area contributed by atoms with Crippen LogP contribution in [0.4, 0.5) is 0 Å². The molecule has 0 heterocycles. The lowest BCUT2D eigenvalue weighted by Crippen LogP contribution is -2.12. The van der Waals surface area contributed by atoms with Crippen LogP contribution in [-0.4, -0.2) is 24.0 Å². The van der Waals surface area contributed by atoms with Crippen LogP contribution in [0.5, 0.6) is 0 Å². The molecule has 0 aliphatic carbocycles. The zero-order chi connectivity index (χ0) is 12.7. The Balaban J connectivity index is 2.59. The van der Waals surface area contributed by atoms with E-state index in [0.29, 0.717) is 13.2 Å². The normalized spacial score (nSPS) is 11.4. The molecule has 0 saturated carbocycles. The first kappa shape index (κ1) is 14.1. The van der Waals surface area contributed by atoms with Gasteiger partial charge in [-0.15, -0.1) is 11.8 Å². The van der Waals surface area contributed by atoms with Crippen LogP contribution in [0, 0.1) is 0 Å². The molecule has 1 rings (SSSR count). The summed E-state index contributed by atoms with van der Waals surface area (Å²) in [5.41, 5.74) is 1.00. The Labute approximate surface area is 110 Å². The zero-order valence-electron chi connectivity index (χ0n) is 9.77. The highest BCUT2D eigenvalue weighted by atomic mass is 35.5. The van der Waals surface area contributed by atoms with Crippen LogP contribution in [0.1, 0.15) is 12.5 Å². The van der Waals surface area contributed by atoms with E-state index in [-0.39, 0.29) is 5.17 Å². The van der Waals surface area contributed by atoms with Crippen LogP contribution in [0.3, 0.4) is 0 Å². The van der Waals surface area contributed by atoms with Gasteiger partial charge in [0.25, 0.3) is 0 Å². The zero-order valence-corrected chi connectivity index (χ0v) is 11.3. The van der Waals surface area contributed by atoms with Gasteiger partial charge in [-0.05, 0) is 30.9 Å². The molecule has 5 heteroatoms. The molecular formula is C12H14ClNO2S. The number of nitrogens with zero attached hydrogens (tertiary/aromatic N) is 1. The summed E-state index contributed by atoms with van der Waals surface area (Å²) in [6.07, 6.45) is 2.02. The van der Waals surface area contributed by atoms with Crippen LogP contribution in [-0.2, 0) is 16.1 Å². The highest BCUT2D eigenvalue weighted by Gasteiger charge is 2.08. The van der Waals surface area contributed by atoms with Gasteiger partial charge in [0.2, 0.25) is 5.17 Å². The van der Waals surface area contributed by atoms with E-state index in [1.165, 1.54) is 4.90 Å². The first-order valence-electron chi connectivity index (χ1n) is 5.17. The van der Waals surface area contributed by atoms with Crippen molar-refractivity contribution in [3.8, 4) is 0 Å². The first-order chi connectivity index (χ1) is 8.17. The third-order valence-electron chi connectivity index (χ3n) is 2.00. The van der Waals surface area contributed by atoms with Crippen LogP contribution in [0.25, 0.3) is 0 Å². The number of hydrogen-bond donors (Lipinski definition) is 0. The molecule has 1 aromatic carbocycles. The van der Waals surface area contributed by atoms with Gasteiger partial charge in [-0.2, -0.15) is 0 Å². The lowest BCUT2D eigenvalue weighted by Gasteiger charge is -2.01. The van der Waals surface area contributed by atoms with Crippen molar-refractivity contribution in [2.24, 2.45) is 4.99 Å². The Kier molecular flexibility index (Phi) is 6.08. The van der Waals surface area contributed by atoms with E-state index in [1.807, 2.05) is 30.5 Å². The number of ether oxygens (including phenoxy) is 1. The Bertz CT molecular complexity index is 403. The van der Waals surface area contributed by atoms with Gasteiger partial charge < -0.3 is 4.74 Å². The molecular weight excluding hydrogens is 258 g/mol. The lowest BCUT2D eigenvalue weighted by molar-refractivity contribution is -0.134. The van der Waals surface area contributed by atoms with Crippen molar-refractivity contribution in [2.45, 2.75) is 18.4 Å². The standard InChI is InChI=1S/C12H14ClNO2S/c1-3-16-12(15)11(13)14-8-9-4-6-10(17-2)7-5-9/h4-7H,3,8H2,1-2H3. The summed E-state index contributed by atoms with van der Waals surface area (Å²) >= 11 is 7.37. The molecule has 0 spiro atoms. The van der Waals surface area contributed by atoms with Gasteiger partial charge in [-0.25, -0.2) is 4.79 Å². The van der Waals surface area contributed by atoms with E-state index in [2.05, 4.69) is 4.99 Å². The van der Waals surface area contributed by atoms with Gasteiger partial charge in [0.05, 0.1) is 13.2 Å². The smallest absolute Gasteiger partial charge is 0.368 e. The third kappa shape index (κ3) is 4.79. The Hall–Kier alpha value is -1.00. The van der Waals surface area contributed by atoms with E-state index < -0.39 is 5.97 Å². The molecule has 92 valence electrons. The Morgan fingerprint density at radius 2 is 2.06 bits per heavy atom. The van der Waals surface area contributed by atoms with Crippen LogP contribution in [0.15, 0.2) is 34.2 Å². The van der Waals surface area contributed by atoms with Crippen LogP contribution < -0.4 is 0 Å². The number of rotatable bonds is 5. The average Bonchev–Trinajstić information content (AvgIpc) is 2.36. The molecule has 0 aliphatic rings. The molecule has 0 fully saturated rings. The van der Waals surface area contributed by atoms with Gasteiger partial charge in [0, 0.05) is 4.90 Å². The lowest BCUT2D eigenvalue weighted by atomic mass is 10.2. The molecule has 0 aromatic heterocycles. The van der Waals surface area contributed by atoms with Crippen molar-refractivity contribution >= 4 is 34.5 Å². The van der Waals surface area contributed by atoms with Crippen molar-refractivity contribution in [1.29, 1.82) is 0 Å². The summed E-state index contributed by atoms with van der Waals surface area (Å²) in [6.45, 7) is 2.41. The van der Waals surface area contributed by atoms with E-state index in [0.717, 1.165) is 5.56 Å². The summed E-state index contributed by atoms with van der Waals surface area (Å²) in [4.78, 5) is 16.3.